The largest absolute Gasteiger partial charge is 0.497 e. The van der Waals surface area contributed by atoms with Crippen LogP contribution in [0.15, 0.2) is 71.5 Å². The second-order valence-corrected chi connectivity index (χ2v) is 6.42. The molecule has 3 rings (SSSR count). The fourth-order valence-electron chi connectivity index (χ4n) is 2.39. The van der Waals surface area contributed by atoms with Crippen LogP contribution in [0.1, 0.15) is 15.9 Å². The van der Waals surface area contributed by atoms with Gasteiger partial charge in [-0.05, 0) is 41.5 Å². The maximum absolute atomic E-state index is 12.4. The number of rotatable bonds is 5. The second-order valence-electron chi connectivity index (χ2n) is 5.50. The SMILES string of the molecule is COc1ccc(-c2cncc(C(=O)NCc3ccc(Br)cc3)c2)cc1. The summed E-state index contributed by atoms with van der Waals surface area (Å²) in [7, 11) is 1.63. The van der Waals surface area contributed by atoms with E-state index in [1.54, 1.807) is 19.5 Å². The first-order valence-electron chi connectivity index (χ1n) is 7.78. The van der Waals surface area contributed by atoms with Gasteiger partial charge in [0.1, 0.15) is 5.75 Å². The summed E-state index contributed by atoms with van der Waals surface area (Å²) in [4.78, 5) is 16.6. The van der Waals surface area contributed by atoms with E-state index in [1.807, 2.05) is 54.6 Å². The molecule has 5 heteroatoms. The summed E-state index contributed by atoms with van der Waals surface area (Å²) in [5, 5.41) is 2.92. The van der Waals surface area contributed by atoms with E-state index in [2.05, 4.69) is 26.2 Å². The molecule has 0 saturated heterocycles. The number of nitrogens with one attached hydrogen (secondary N) is 1. The number of pyridine rings is 1. The first kappa shape index (κ1) is 17.2. The van der Waals surface area contributed by atoms with E-state index in [1.165, 1.54) is 0 Å². The molecule has 1 N–H and O–H groups in total. The zero-order valence-electron chi connectivity index (χ0n) is 13.7. The van der Waals surface area contributed by atoms with Crippen molar-refractivity contribution in [2.45, 2.75) is 6.54 Å². The molecule has 2 aromatic carbocycles. The van der Waals surface area contributed by atoms with Gasteiger partial charge in [0, 0.05) is 29.0 Å². The maximum atomic E-state index is 12.4. The molecule has 1 heterocycles. The topological polar surface area (TPSA) is 51.2 Å². The van der Waals surface area contributed by atoms with Crippen molar-refractivity contribution in [3.63, 3.8) is 0 Å². The summed E-state index contributed by atoms with van der Waals surface area (Å²) in [6, 6.07) is 17.3. The molecule has 3 aromatic rings. The van der Waals surface area contributed by atoms with Crippen LogP contribution in [0, 0.1) is 0 Å². The Balaban J connectivity index is 1.71. The highest BCUT2D eigenvalue weighted by atomic mass is 79.9. The number of amides is 1. The number of hydrogen-bond acceptors (Lipinski definition) is 3. The lowest BCUT2D eigenvalue weighted by atomic mass is 10.1. The van der Waals surface area contributed by atoms with Crippen LogP contribution < -0.4 is 10.1 Å². The van der Waals surface area contributed by atoms with Crippen molar-refractivity contribution in [3.8, 4) is 16.9 Å². The van der Waals surface area contributed by atoms with Gasteiger partial charge in [-0.2, -0.15) is 0 Å². The Morgan fingerprint density at radius 1 is 1.04 bits per heavy atom. The number of aromatic nitrogens is 1. The molecule has 1 aromatic heterocycles. The Morgan fingerprint density at radius 3 is 2.44 bits per heavy atom. The van der Waals surface area contributed by atoms with Crippen LogP contribution >= 0.6 is 15.9 Å². The molecule has 1 amide bonds. The van der Waals surface area contributed by atoms with Crippen LogP contribution in [0.4, 0.5) is 0 Å². The molecule has 126 valence electrons. The number of carbonyl (C=O) groups is 1. The minimum Gasteiger partial charge on any atom is -0.497 e. The van der Waals surface area contributed by atoms with Gasteiger partial charge in [-0.3, -0.25) is 9.78 Å². The fraction of sp³-hybridized carbons (Fsp3) is 0.100. The molecule has 0 fully saturated rings. The molecule has 4 nitrogen and oxygen atoms in total. The van der Waals surface area contributed by atoms with Gasteiger partial charge in [0.05, 0.1) is 12.7 Å². The van der Waals surface area contributed by atoms with Crippen LogP contribution in [-0.2, 0) is 6.54 Å². The molecule has 25 heavy (non-hydrogen) atoms. The Bertz CT molecular complexity index is 862. The van der Waals surface area contributed by atoms with Crippen molar-refractivity contribution in [1.29, 1.82) is 0 Å². The van der Waals surface area contributed by atoms with Crippen LogP contribution in [-0.4, -0.2) is 18.0 Å². The number of nitrogens with zero attached hydrogens (tertiary/aromatic N) is 1. The lowest BCUT2D eigenvalue weighted by Crippen LogP contribution is -2.22. The lowest BCUT2D eigenvalue weighted by Gasteiger charge is -2.08. The summed E-state index contributed by atoms with van der Waals surface area (Å²) in [5.74, 6) is 0.644. The average Bonchev–Trinajstić information content (AvgIpc) is 2.67. The average molecular weight is 397 g/mol. The Hall–Kier alpha value is -2.66. The fourth-order valence-corrected chi connectivity index (χ4v) is 2.66. The Morgan fingerprint density at radius 2 is 1.76 bits per heavy atom. The standard InChI is InChI=1S/C20H17BrN2O2/c1-25-19-8-4-15(5-9-19)16-10-17(13-22-12-16)20(24)23-11-14-2-6-18(21)7-3-14/h2-10,12-13H,11H2,1H3,(H,23,24). The molecular weight excluding hydrogens is 380 g/mol. The van der Waals surface area contributed by atoms with Gasteiger partial charge in [0.15, 0.2) is 0 Å². The number of halogens is 1. The van der Waals surface area contributed by atoms with Crippen LogP contribution in [0.5, 0.6) is 5.75 Å². The van der Waals surface area contributed by atoms with Crippen molar-refractivity contribution in [2.75, 3.05) is 7.11 Å². The quantitative estimate of drug-likeness (QED) is 0.692. The summed E-state index contributed by atoms with van der Waals surface area (Å²) >= 11 is 3.40. The highest BCUT2D eigenvalue weighted by Crippen LogP contribution is 2.22. The van der Waals surface area contributed by atoms with Gasteiger partial charge < -0.3 is 10.1 Å². The highest BCUT2D eigenvalue weighted by Gasteiger charge is 2.08. The predicted octanol–water partition coefficient (Wildman–Crippen LogP) is 4.45. The van der Waals surface area contributed by atoms with Crippen molar-refractivity contribution in [2.24, 2.45) is 0 Å². The van der Waals surface area contributed by atoms with Gasteiger partial charge in [-0.25, -0.2) is 0 Å². The van der Waals surface area contributed by atoms with E-state index in [0.717, 1.165) is 26.9 Å². The summed E-state index contributed by atoms with van der Waals surface area (Å²) in [6.07, 6.45) is 3.32. The van der Waals surface area contributed by atoms with Crippen molar-refractivity contribution >= 4 is 21.8 Å². The van der Waals surface area contributed by atoms with E-state index in [-0.39, 0.29) is 5.91 Å². The van der Waals surface area contributed by atoms with Gasteiger partial charge in [-0.15, -0.1) is 0 Å². The van der Waals surface area contributed by atoms with Crippen molar-refractivity contribution < 1.29 is 9.53 Å². The van der Waals surface area contributed by atoms with E-state index in [4.69, 9.17) is 4.74 Å². The Kier molecular flexibility index (Phi) is 5.46. The van der Waals surface area contributed by atoms with E-state index in [0.29, 0.717) is 12.1 Å². The first-order chi connectivity index (χ1) is 12.2. The molecule has 0 atom stereocenters. The summed E-state index contributed by atoms with van der Waals surface area (Å²) in [5.41, 5.74) is 3.44. The zero-order valence-corrected chi connectivity index (χ0v) is 15.3. The number of carbonyl (C=O) groups excluding carboxylic acids is 1. The van der Waals surface area contributed by atoms with Crippen molar-refractivity contribution in [3.05, 3.63) is 82.6 Å². The third-order valence-electron chi connectivity index (χ3n) is 3.79. The number of methoxy groups -OCH3 is 1. The molecule has 0 aliphatic heterocycles. The number of benzene rings is 2. The molecule has 0 unspecified atom stereocenters. The van der Waals surface area contributed by atoms with Gasteiger partial charge in [-0.1, -0.05) is 40.2 Å². The normalized spacial score (nSPS) is 10.3. The summed E-state index contributed by atoms with van der Waals surface area (Å²) in [6.45, 7) is 0.471. The Labute approximate surface area is 155 Å². The zero-order chi connectivity index (χ0) is 17.6. The monoisotopic (exact) mass is 396 g/mol. The smallest absolute Gasteiger partial charge is 0.253 e. The molecule has 0 bridgehead atoms. The first-order valence-corrected chi connectivity index (χ1v) is 8.57. The van der Waals surface area contributed by atoms with Gasteiger partial charge in [0.2, 0.25) is 0 Å². The second kappa shape index (κ2) is 7.94. The minimum absolute atomic E-state index is 0.147. The maximum Gasteiger partial charge on any atom is 0.253 e. The number of hydrogen-bond donors (Lipinski definition) is 1. The van der Waals surface area contributed by atoms with Gasteiger partial charge >= 0.3 is 0 Å². The van der Waals surface area contributed by atoms with Crippen LogP contribution in [0.3, 0.4) is 0 Å². The van der Waals surface area contributed by atoms with Crippen molar-refractivity contribution in [1.82, 2.24) is 10.3 Å². The molecular formula is C20H17BrN2O2. The minimum atomic E-state index is -0.147. The molecule has 0 aliphatic rings. The predicted molar refractivity (Wildman–Crippen MR) is 102 cm³/mol. The molecule has 0 aliphatic carbocycles. The van der Waals surface area contributed by atoms with E-state index < -0.39 is 0 Å². The van der Waals surface area contributed by atoms with Crippen LogP contribution in [0.2, 0.25) is 0 Å². The highest BCUT2D eigenvalue weighted by molar-refractivity contribution is 9.10. The third kappa shape index (κ3) is 4.45. The summed E-state index contributed by atoms with van der Waals surface area (Å²) < 4.78 is 6.18. The molecule has 0 saturated carbocycles. The molecule has 0 spiro atoms. The lowest BCUT2D eigenvalue weighted by molar-refractivity contribution is 0.0950. The van der Waals surface area contributed by atoms with E-state index in [9.17, 15) is 4.79 Å². The molecule has 0 radical (unpaired) electrons. The van der Waals surface area contributed by atoms with E-state index >= 15 is 0 Å². The number of ether oxygens (including phenoxy) is 1. The van der Waals surface area contributed by atoms with Gasteiger partial charge in [0.25, 0.3) is 5.91 Å². The van der Waals surface area contributed by atoms with Crippen LogP contribution in [0.25, 0.3) is 11.1 Å². The third-order valence-corrected chi connectivity index (χ3v) is 4.32.